The molecule has 3 aromatic rings. The lowest BCUT2D eigenvalue weighted by Crippen LogP contribution is -2.27. The van der Waals surface area contributed by atoms with Crippen molar-refractivity contribution in [3.8, 4) is 5.69 Å². The van der Waals surface area contributed by atoms with E-state index < -0.39 is 22.7 Å². The molecule has 26 heavy (non-hydrogen) atoms. The summed E-state index contributed by atoms with van der Waals surface area (Å²) >= 11 is 0. The molecule has 132 valence electrons. The second-order valence-corrected chi connectivity index (χ2v) is 5.65. The molecule has 0 spiro atoms. The van der Waals surface area contributed by atoms with Crippen LogP contribution in [0.4, 0.5) is 10.1 Å². The lowest BCUT2D eigenvalue weighted by Gasteiger charge is -2.15. The maximum atomic E-state index is 13.8. The molecule has 3 rings (SSSR count). The van der Waals surface area contributed by atoms with E-state index in [0.717, 1.165) is 0 Å². The predicted octanol–water partition coefficient (Wildman–Crippen LogP) is 3.41. The number of halogens is 1. The Kier molecular flexibility index (Phi) is 4.74. The Balaban J connectivity index is 1.87. The van der Waals surface area contributed by atoms with Gasteiger partial charge in [0.2, 0.25) is 0 Å². The number of carbonyl (C=O) groups excluding carboxylic acids is 1. The zero-order valence-corrected chi connectivity index (χ0v) is 13.8. The van der Waals surface area contributed by atoms with Crippen LogP contribution in [0, 0.1) is 15.9 Å². The molecule has 0 aliphatic carbocycles. The van der Waals surface area contributed by atoms with E-state index in [1.54, 1.807) is 31.3 Å². The van der Waals surface area contributed by atoms with Crippen LogP contribution in [-0.4, -0.2) is 20.4 Å². The van der Waals surface area contributed by atoms with Gasteiger partial charge in [0.05, 0.1) is 17.3 Å². The number of imidazole rings is 1. The number of benzene rings is 2. The van der Waals surface area contributed by atoms with Gasteiger partial charge in [-0.1, -0.05) is 18.2 Å². The van der Waals surface area contributed by atoms with E-state index in [1.807, 2.05) is 0 Å². The van der Waals surface area contributed by atoms with Gasteiger partial charge in [-0.15, -0.1) is 0 Å². The first-order chi connectivity index (χ1) is 12.5. The summed E-state index contributed by atoms with van der Waals surface area (Å²) < 4.78 is 15.3. The Bertz CT molecular complexity index is 957. The molecule has 8 heteroatoms. The van der Waals surface area contributed by atoms with Crippen molar-refractivity contribution in [3.63, 3.8) is 0 Å². The van der Waals surface area contributed by atoms with E-state index in [1.165, 1.54) is 41.4 Å². The van der Waals surface area contributed by atoms with E-state index in [-0.39, 0.29) is 11.3 Å². The van der Waals surface area contributed by atoms with Crippen LogP contribution >= 0.6 is 0 Å². The van der Waals surface area contributed by atoms with Gasteiger partial charge in [0.15, 0.2) is 0 Å². The van der Waals surface area contributed by atoms with Crippen LogP contribution in [0.5, 0.6) is 0 Å². The number of nitrogens with zero attached hydrogens (tertiary/aromatic N) is 3. The largest absolute Gasteiger partial charge is 0.345 e. The molecule has 1 amide bonds. The average Bonchev–Trinajstić information content (AvgIpc) is 3.15. The van der Waals surface area contributed by atoms with Crippen LogP contribution in [0.25, 0.3) is 5.69 Å². The lowest BCUT2D eigenvalue weighted by atomic mass is 10.1. The summed E-state index contributed by atoms with van der Waals surface area (Å²) in [4.78, 5) is 27.1. The minimum atomic E-state index is -0.587. The first kappa shape index (κ1) is 17.3. The first-order valence-corrected chi connectivity index (χ1v) is 7.79. The number of nitrogens with one attached hydrogen (secondary N) is 1. The predicted molar refractivity (Wildman–Crippen MR) is 92.5 cm³/mol. The molecular weight excluding hydrogens is 339 g/mol. The average molecular weight is 354 g/mol. The second-order valence-electron chi connectivity index (χ2n) is 5.65. The molecule has 1 heterocycles. The normalized spacial score (nSPS) is 11.8. The smallest absolute Gasteiger partial charge is 0.294 e. The van der Waals surface area contributed by atoms with E-state index >= 15 is 0 Å². The molecule has 1 atom stereocenters. The summed E-state index contributed by atoms with van der Waals surface area (Å²) in [5.41, 5.74) is 0.523. The van der Waals surface area contributed by atoms with E-state index in [0.29, 0.717) is 11.3 Å². The third-order valence-electron chi connectivity index (χ3n) is 3.94. The highest BCUT2D eigenvalue weighted by atomic mass is 19.1. The van der Waals surface area contributed by atoms with E-state index in [9.17, 15) is 19.3 Å². The van der Waals surface area contributed by atoms with Crippen molar-refractivity contribution < 1.29 is 14.1 Å². The summed E-state index contributed by atoms with van der Waals surface area (Å²) in [6, 6.07) is 9.67. The van der Waals surface area contributed by atoms with Crippen molar-refractivity contribution in [2.75, 3.05) is 0 Å². The fraction of sp³-hybridized carbons (Fsp3) is 0.111. The number of amides is 1. The van der Waals surface area contributed by atoms with Gasteiger partial charge in [-0.2, -0.15) is 0 Å². The summed E-state index contributed by atoms with van der Waals surface area (Å²) in [5.74, 6) is -0.956. The quantitative estimate of drug-likeness (QED) is 0.561. The summed E-state index contributed by atoms with van der Waals surface area (Å²) in [6.45, 7) is 1.64. The van der Waals surface area contributed by atoms with Gasteiger partial charge in [0.25, 0.3) is 11.6 Å². The van der Waals surface area contributed by atoms with Gasteiger partial charge in [-0.25, -0.2) is 9.37 Å². The van der Waals surface area contributed by atoms with E-state index in [2.05, 4.69) is 10.3 Å². The second kappa shape index (κ2) is 7.14. The van der Waals surface area contributed by atoms with Crippen LogP contribution in [0.3, 0.4) is 0 Å². The van der Waals surface area contributed by atoms with Gasteiger partial charge in [-0.3, -0.25) is 14.9 Å². The fourth-order valence-electron chi connectivity index (χ4n) is 2.61. The molecule has 7 nitrogen and oxygen atoms in total. The molecule has 1 unspecified atom stereocenters. The molecule has 0 saturated heterocycles. The number of hydrogen-bond donors (Lipinski definition) is 1. The number of hydrogen-bond acceptors (Lipinski definition) is 4. The van der Waals surface area contributed by atoms with Crippen LogP contribution in [0.1, 0.15) is 28.9 Å². The van der Waals surface area contributed by atoms with Crippen LogP contribution < -0.4 is 5.32 Å². The van der Waals surface area contributed by atoms with Gasteiger partial charge < -0.3 is 9.88 Å². The Hall–Kier alpha value is -3.55. The van der Waals surface area contributed by atoms with Crippen LogP contribution in [0.2, 0.25) is 0 Å². The maximum Gasteiger partial charge on any atom is 0.294 e. The Morgan fingerprint density at radius 1 is 1.31 bits per heavy atom. The zero-order chi connectivity index (χ0) is 18.7. The number of carbonyl (C=O) groups is 1. The van der Waals surface area contributed by atoms with Gasteiger partial charge in [0.1, 0.15) is 11.5 Å². The van der Waals surface area contributed by atoms with Crippen molar-refractivity contribution in [2.45, 2.75) is 13.0 Å². The van der Waals surface area contributed by atoms with Gasteiger partial charge >= 0.3 is 0 Å². The maximum absolute atomic E-state index is 13.8. The molecule has 1 N–H and O–H groups in total. The van der Waals surface area contributed by atoms with Crippen molar-refractivity contribution in [3.05, 3.63) is 88.2 Å². The van der Waals surface area contributed by atoms with Crippen molar-refractivity contribution in [2.24, 2.45) is 0 Å². The molecule has 1 aromatic heterocycles. The minimum Gasteiger partial charge on any atom is -0.345 e. The van der Waals surface area contributed by atoms with Crippen LogP contribution in [-0.2, 0) is 0 Å². The van der Waals surface area contributed by atoms with E-state index in [4.69, 9.17) is 0 Å². The fourth-order valence-corrected chi connectivity index (χ4v) is 2.61. The van der Waals surface area contributed by atoms with Crippen molar-refractivity contribution in [1.82, 2.24) is 14.9 Å². The first-order valence-electron chi connectivity index (χ1n) is 7.79. The molecule has 2 aromatic carbocycles. The van der Waals surface area contributed by atoms with Gasteiger partial charge in [0, 0.05) is 29.6 Å². The Labute approximate surface area is 148 Å². The van der Waals surface area contributed by atoms with Crippen molar-refractivity contribution in [1.29, 1.82) is 0 Å². The number of nitro benzene ring substituents is 1. The third-order valence-corrected chi connectivity index (χ3v) is 3.94. The highest BCUT2D eigenvalue weighted by molar-refractivity contribution is 5.95. The zero-order valence-electron chi connectivity index (χ0n) is 13.8. The number of aromatic nitrogens is 2. The van der Waals surface area contributed by atoms with Crippen LogP contribution in [0.15, 0.2) is 61.2 Å². The number of rotatable bonds is 5. The topological polar surface area (TPSA) is 90.1 Å². The molecule has 0 aliphatic heterocycles. The summed E-state index contributed by atoms with van der Waals surface area (Å²) in [7, 11) is 0. The Morgan fingerprint density at radius 3 is 2.73 bits per heavy atom. The third kappa shape index (κ3) is 3.44. The summed E-state index contributed by atoms with van der Waals surface area (Å²) in [6.07, 6.45) is 4.51. The molecule has 0 saturated carbocycles. The summed E-state index contributed by atoms with van der Waals surface area (Å²) in [5, 5.41) is 14.0. The minimum absolute atomic E-state index is 0.115. The molecule has 0 radical (unpaired) electrons. The lowest BCUT2D eigenvalue weighted by molar-refractivity contribution is -0.384. The molecule has 0 aliphatic rings. The highest BCUT2D eigenvalue weighted by Crippen LogP contribution is 2.25. The number of nitro groups is 1. The SMILES string of the molecule is CC(NC(=O)c1ccc(-n2ccnc2)c([N+](=O)[O-])c1)c1ccccc1F. The molecular formula is C18H15FN4O3. The monoisotopic (exact) mass is 354 g/mol. The molecule has 0 fully saturated rings. The highest BCUT2D eigenvalue weighted by Gasteiger charge is 2.20. The van der Waals surface area contributed by atoms with Gasteiger partial charge in [-0.05, 0) is 25.1 Å². The standard InChI is InChI=1S/C18H15FN4O3/c1-12(14-4-2-3-5-15(14)19)21-18(24)13-6-7-16(17(10-13)23(25)26)22-9-8-20-11-22/h2-12H,1H3,(H,21,24). The van der Waals surface area contributed by atoms with Crippen molar-refractivity contribution >= 4 is 11.6 Å². The Morgan fingerprint density at radius 2 is 2.08 bits per heavy atom. The molecule has 0 bridgehead atoms.